The molecule has 1 atom stereocenters. The number of benzene rings is 1. The molecule has 0 heterocycles. The fourth-order valence-electron chi connectivity index (χ4n) is 1.30. The van der Waals surface area contributed by atoms with Crippen molar-refractivity contribution in [1.29, 1.82) is 0 Å². The lowest BCUT2D eigenvalue weighted by atomic mass is 10.1. The summed E-state index contributed by atoms with van der Waals surface area (Å²) in [5.74, 6) is -0.262. The van der Waals surface area contributed by atoms with Crippen molar-refractivity contribution in [3.05, 3.63) is 47.8 Å². The van der Waals surface area contributed by atoms with Crippen LogP contribution in [0.1, 0.15) is 16.8 Å². The molecule has 2 rings (SSSR count). The molecular formula is C11H9FO. The summed E-state index contributed by atoms with van der Waals surface area (Å²) >= 11 is 0. The van der Waals surface area contributed by atoms with Gasteiger partial charge in [-0.3, -0.25) is 4.79 Å². The van der Waals surface area contributed by atoms with E-state index in [1.54, 1.807) is 0 Å². The topological polar surface area (TPSA) is 17.1 Å². The van der Waals surface area contributed by atoms with Gasteiger partial charge in [-0.2, -0.15) is 0 Å². The molecule has 0 N–H and O–H groups in total. The second kappa shape index (κ2) is 2.80. The van der Waals surface area contributed by atoms with E-state index in [0.717, 1.165) is 12.0 Å². The number of ketones is 1. The van der Waals surface area contributed by atoms with Gasteiger partial charge < -0.3 is 0 Å². The molecule has 66 valence electrons. The van der Waals surface area contributed by atoms with Crippen molar-refractivity contribution < 1.29 is 9.18 Å². The quantitative estimate of drug-likeness (QED) is 0.500. The van der Waals surface area contributed by atoms with E-state index < -0.39 is 0 Å². The van der Waals surface area contributed by atoms with Gasteiger partial charge in [-0.15, -0.1) is 0 Å². The van der Waals surface area contributed by atoms with Crippen LogP contribution in [0.5, 0.6) is 0 Å². The van der Waals surface area contributed by atoms with Gasteiger partial charge in [0.25, 0.3) is 0 Å². The molecule has 1 unspecified atom stereocenters. The Balaban J connectivity index is 2.21. The first-order chi connectivity index (χ1) is 6.18. The van der Waals surface area contributed by atoms with Crippen LogP contribution in [0.3, 0.4) is 0 Å². The summed E-state index contributed by atoms with van der Waals surface area (Å²) in [7, 11) is 0. The molecule has 0 aromatic heterocycles. The summed E-state index contributed by atoms with van der Waals surface area (Å²) in [6, 6.07) is 5.64. The van der Waals surface area contributed by atoms with Crippen molar-refractivity contribution >= 4 is 5.78 Å². The average Bonchev–Trinajstić information content (AvgIpc) is 2.83. The van der Waals surface area contributed by atoms with Crippen molar-refractivity contribution in [3.63, 3.8) is 0 Å². The van der Waals surface area contributed by atoms with E-state index in [1.807, 2.05) is 0 Å². The number of carbonyl (C=O) groups excluding carboxylic acids is 1. The molecule has 13 heavy (non-hydrogen) atoms. The molecule has 1 aromatic rings. The zero-order valence-corrected chi connectivity index (χ0v) is 7.09. The Bertz CT molecular complexity index is 364. The third kappa shape index (κ3) is 1.52. The van der Waals surface area contributed by atoms with E-state index in [2.05, 4.69) is 6.58 Å². The van der Waals surface area contributed by atoms with Crippen LogP contribution < -0.4 is 0 Å². The first-order valence-electron chi connectivity index (χ1n) is 4.16. The van der Waals surface area contributed by atoms with E-state index in [1.165, 1.54) is 24.3 Å². The minimum Gasteiger partial charge on any atom is -0.293 e. The first kappa shape index (κ1) is 8.17. The van der Waals surface area contributed by atoms with Gasteiger partial charge in [-0.25, -0.2) is 4.39 Å². The van der Waals surface area contributed by atoms with E-state index in [9.17, 15) is 9.18 Å². The fraction of sp³-hybridized carbons (Fsp3) is 0.182. The Labute approximate surface area is 75.9 Å². The predicted octanol–water partition coefficient (Wildman–Crippen LogP) is 2.58. The van der Waals surface area contributed by atoms with Crippen molar-refractivity contribution in [2.45, 2.75) is 6.42 Å². The Morgan fingerprint density at radius 2 is 1.92 bits per heavy atom. The highest BCUT2D eigenvalue weighted by atomic mass is 19.1. The molecule has 0 amide bonds. The highest BCUT2D eigenvalue weighted by Crippen LogP contribution is 2.38. The van der Waals surface area contributed by atoms with Crippen molar-refractivity contribution in [3.8, 4) is 0 Å². The maximum absolute atomic E-state index is 12.5. The van der Waals surface area contributed by atoms with Crippen molar-refractivity contribution in [2.75, 3.05) is 0 Å². The van der Waals surface area contributed by atoms with Gasteiger partial charge in [0.2, 0.25) is 0 Å². The summed E-state index contributed by atoms with van der Waals surface area (Å²) in [4.78, 5) is 11.5. The molecule has 1 aliphatic carbocycles. The number of hydrogen-bond donors (Lipinski definition) is 0. The molecule has 1 saturated carbocycles. The molecule has 1 fully saturated rings. The van der Waals surface area contributed by atoms with Crippen LogP contribution in [0.15, 0.2) is 36.4 Å². The number of rotatable bonds is 2. The van der Waals surface area contributed by atoms with Crippen LogP contribution >= 0.6 is 0 Å². The molecule has 0 radical (unpaired) electrons. The van der Waals surface area contributed by atoms with Gasteiger partial charge in [0, 0.05) is 11.5 Å². The predicted molar refractivity (Wildman–Crippen MR) is 48.0 cm³/mol. The van der Waals surface area contributed by atoms with Crippen LogP contribution in [0.4, 0.5) is 4.39 Å². The highest BCUT2D eigenvalue weighted by Gasteiger charge is 2.34. The minimum atomic E-state index is -0.314. The second-order valence-corrected chi connectivity index (χ2v) is 3.29. The van der Waals surface area contributed by atoms with Crippen LogP contribution in [-0.4, -0.2) is 5.78 Å². The second-order valence-electron chi connectivity index (χ2n) is 3.29. The molecule has 1 aromatic carbocycles. The summed E-state index contributed by atoms with van der Waals surface area (Å²) < 4.78 is 12.5. The Morgan fingerprint density at radius 1 is 1.38 bits per heavy atom. The molecule has 2 heteroatoms. The Kier molecular flexibility index (Phi) is 1.76. The average molecular weight is 176 g/mol. The number of carbonyl (C=O) groups is 1. The van der Waals surface area contributed by atoms with E-state index in [-0.39, 0.29) is 17.5 Å². The van der Waals surface area contributed by atoms with Crippen LogP contribution in [0, 0.1) is 11.7 Å². The van der Waals surface area contributed by atoms with Gasteiger partial charge in [-0.05, 0) is 30.7 Å². The normalized spacial score (nSPS) is 20.1. The Morgan fingerprint density at radius 3 is 2.38 bits per heavy atom. The fourth-order valence-corrected chi connectivity index (χ4v) is 1.30. The molecule has 1 aliphatic rings. The molecule has 0 spiro atoms. The number of hydrogen-bond acceptors (Lipinski definition) is 1. The maximum Gasteiger partial charge on any atom is 0.170 e. The van der Waals surface area contributed by atoms with Gasteiger partial charge in [-0.1, -0.05) is 12.2 Å². The minimum absolute atomic E-state index is 0.00883. The zero-order chi connectivity index (χ0) is 9.42. The highest BCUT2D eigenvalue weighted by molar-refractivity contribution is 6.02. The molecule has 1 nitrogen and oxygen atoms in total. The maximum atomic E-state index is 12.5. The summed E-state index contributed by atoms with van der Waals surface area (Å²) in [6.07, 6.45) is 0.788. The van der Waals surface area contributed by atoms with Crippen molar-refractivity contribution in [1.82, 2.24) is 0 Å². The summed E-state index contributed by atoms with van der Waals surface area (Å²) in [5.41, 5.74) is 1.55. The van der Waals surface area contributed by atoms with E-state index >= 15 is 0 Å². The van der Waals surface area contributed by atoms with E-state index in [0.29, 0.717) is 5.56 Å². The van der Waals surface area contributed by atoms with E-state index in [4.69, 9.17) is 0 Å². The summed E-state index contributed by atoms with van der Waals surface area (Å²) in [5, 5.41) is 0. The van der Waals surface area contributed by atoms with Crippen LogP contribution in [0.25, 0.3) is 0 Å². The third-order valence-electron chi connectivity index (χ3n) is 2.24. The van der Waals surface area contributed by atoms with Gasteiger partial charge in [0.1, 0.15) is 5.82 Å². The van der Waals surface area contributed by atoms with Gasteiger partial charge >= 0.3 is 0 Å². The van der Waals surface area contributed by atoms with Crippen LogP contribution in [0.2, 0.25) is 0 Å². The standard InChI is InChI=1S/C11H9FO/c1-7-6-10(7)11(13)8-2-4-9(12)5-3-8/h2-5,10H,1,6H2. The van der Waals surface area contributed by atoms with Crippen LogP contribution in [-0.2, 0) is 0 Å². The van der Waals surface area contributed by atoms with Gasteiger partial charge in [0.05, 0.1) is 0 Å². The number of Topliss-reactive ketones (excluding diaryl/α,β-unsaturated/α-hetero) is 1. The molecule has 0 aliphatic heterocycles. The van der Waals surface area contributed by atoms with Crippen molar-refractivity contribution in [2.24, 2.45) is 5.92 Å². The third-order valence-corrected chi connectivity index (χ3v) is 2.24. The monoisotopic (exact) mass is 176 g/mol. The van der Waals surface area contributed by atoms with Gasteiger partial charge in [0.15, 0.2) is 5.78 Å². The first-order valence-corrected chi connectivity index (χ1v) is 4.16. The largest absolute Gasteiger partial charge is 0.293 e. The molecule has 0 saturated heterocycles. The smallest absolute Gasteiger partial charge is 0.170 e. The summed E-state index contributed by atoms with van der Waals surface area (Å²) in [6.45, 7) is 3.72. The lowest BCUT2D eigenvalue weighted by molar-refractivity contribution is 0.0972. The lowest BCUT2D eigenvalue weighted by Crippen LogP contribution is -2.00. The SMILES string of the molecule is C=C1CC1C(=O)c1ccc(F)cc1. The lowest BCUT2D eigenvalue weighted by Gasteiger charge is -1.96. The number of halogens is 1. The molecular weight excluding hydrogens is 167 g/mol. The zero-order valence-electron chi connectivity index (χ0n) is 7.09. The number of allylic oxidation sites excluding steroid dienone is 1. The Hall–Kier alpha value is -1.44. The molecule has 0 bridgehead atoms.